The van der Waals surface area contributed by atoms with Gasteiger partial charge in [0.2, 0.25) is 10.0 Å². The number of sulfonamides is 1. The molecule has 0 aromatic heterocycles. The topological polar surface area (TPSA) is 81.7 Å². The van der Waals surface area contributed by atoms with Gasteiger partial charge >= 0.3 is 5.97 Å². The van der Waals surface area contributed by atoms with Gasteiger partial charge in [-0.3, -0.25) is 0 Å². The molecule has 0 fully saturated rings. The summed E-state index contributed by atoms with van der Waals surface area (Å²) >= 11 is 0. The van der Waals surface area contributed by atoms with Gasteiger partial charge in [-0.25, -0.2) is 17.9 Å². The average molecular weight is 377 g/mol. The highest BCUT2D eigenvalue weighted by atomic mass is 32.2. The van der Waals surface area contributed by atoms with Crippen LogP contribution in [0, 0.1) is 0 Å². The largest absolute Gasteiger partial charge is 0.494 e. The molecule has 2 aromatic rings. The summed E-state index contributed by atoms with van der Waals surface area (Å²) in [6, 6.07) is 13.5. The molecule has 1 N–H and O–H groups in total. The number of benzene rings is 2. The van der Waals surface area contributed by atoms with Gasteiger partial charge in [0.25, 0.3) is 0 Å². The molecule has 0 aliphatic rings. The molecule has 0 unspecified atom stereocenters. The lowest BCUT2D eigenvalue weighted by molar-refractivity contribution is 0.0600. The average Bonchev–Trinajstić information content (AvgIpc) is 2.66. The fourth-order valence-electron chi connectivity index (χ4n) is 2.41. The minimum absolute atomic E-state index is 0.0430. The van der Waals surface area contributed by atoms with E-state index < -0.39 is 16.0 Å². The minimum Gasteiger partial charge on any atom is -0.494 e. The maximum Gasteiger partial charge on any atom is 0.337 e. The summed E-state index contributed by atoms with van der Waals surface area (Å²) in [5.41, 5.74) is 1.31. The first kappa shape index (κ1) is 19.9. The van der Waals surface area contributed by atoms with E-state index in [-0.39, 0.29) is 10.5 Å². The van der Waals surface area contributed by atoms with Crippen LogP contribution >= 0.6 is 0 Å². The van der Waals surface area contributed by atoms with E-state index in [1.807, 2.05) is 31.2 Å². The van der Waals surface area contributed by atoms with Gasteiger partial charge in [-0.15, -0.1) is 0 Å². The molecule has 0 saturated carbocycles. The molecule has 7 heteroatoms. The fourth-order valence-corrected chi connectivity index (χ4v) is 3.53. The van der Waals surface area contributed by atoms with Crippen LogP contribution in [0.3, 0.4) is 0 Å². The van der Waals surface area contributed by atoms with Crippen molar-refractivity contribution in [2.24, 2.45) is 0 Å². The van der Waals surface area contributed by atoms with E-state index in [1.165, 1.54) is 31.4 Å². The van der Waals surface area contributed by atoms with E-state index in [1.54, 1.807) is 0 Å². The highest BCUT2D eigenvalue weighted by Gasteiger charge is 2.16. The lowest BCUT2D eigenvalue weighted by atomic mass is 10.1. The number of carbonyl (C=O) groups excluding carboxylic acids is 1. The van der Waals surface area contributed by atoms with Gasteiger partial charge in [0, 0.05) is 6.54 Å². The summed E-state index contributed by atoms with van der Waals surface area (Å²) in [6.07, 6.45) is 1.40. The standard InChI is InChI=1S/C19H23NO5S/c1-3-25-17-11-9-15(10-12-17)6-5-13-20-26(22,23)18-8-4-7-16(14-18)19(21)24-2/h4,7-12,14,20H,3,5-6,13H2,1-2H3. The lowest BCUT2D eigenvalue weighted by Crippen LogP contribution is -2.25. The van der Waals surface area contributed by atoms with Crippen molar-refractivity contribution in [3.05, 3.63) is 59.7 Å². The third kappa shape index (κ3) is 5.57. The number of methoxy groups -OCH3 is 1. The van der Waals surface area contributed by atoms with Gasteiger partial charge in [-0.1, -0.05) is 18.2 Å². The summed E-state index contributed by atoms with van der Waals surface area (Å²) in [7, 11) is -2.42. The van der Waals surface area contributed by atoms with Crippen molar-refractivity contribution in [1.29, 1.82) is 0 Å². The SMILES string of the molecule is CCOc1ccc(CCCNS(=O)(=O)c2cccc(C(=O)OC)c2)cc1. The molecule has 0 spiro atoms. The molecule has 0 heterocycles. The number of aryl methyl sites for hydroxylation is 1. The Labute approximate surface area is 154 Å². The van der Waals surface area contributed by atoms with Crippen LogP contribution in [0.15, 0.2) is 53.4 Å². The molecule has 0 amide bonds. The highest BCUT2D eigenvalue weighted by molar-refractivity contribution is 7.89. The minimum atomic E-state index is -3.67. The molecule has 26 heavy (non-hydrogen) atoms. The van der Waals surface area contributed by atoms with Gasteiger partial charge in [-0.2, -0.15) is 0 Å². The van der Waals surface area contributed by atoms with Crippen LogP contribution in [0.5, 0.6) is 5.75 Å². The monoisotopic (exact) mass is 377 g/mol. The number of rotatable bonds is 9. The van der Waals surface area contributed by atoms with Crippen molar-refractivity contribution in [3.8, 4) is 5.75 Å². The molecule has 2 aromatic carbocycles. The molecule has 0 aliphatic carbocycles. The molecule has 0 bridgehead atoms. The first-order valence-electron chi connectivity index (χ1n) is 8.36. The van der Waals surface area contributed by atoms with Crippen molar-refractivity contribution in [2.75, 3.05) is 20.3 Å². The molecule has 0 atom stereocenters. The molecule has 0 saturated heterocycles. The number of esters is 1. The lowest BCUT2D eigenvalue weighted by Gasteiger charge is -2.08. The van der Waals surface area contributed by atoms with Crippen LogP contribution < -0.4 is 9.46 Å². The van der Waals surface area contributed by atoms with E-state index in [0.29, 0.717) is 19.6 Å². The third-order valence-electron chi connectivity index (χ3n) is 3.73. The predicted octanol–water partition coefficient (Wildman–Crippen LogP) is 2.78. The zero-order chi connectivity index (χ0) is 19.0. The van der Waals surface area contributed by atoms with Crippen LogP contribution in [0.1, 0.15) is 29.3 Å². The van der Waals surface area contributed by atoms with Gasteiger partial charge in [-0.05, 0) is 55.7 Å². The van der Waals surface area contributed by atoms with Crippen LogP contribution in [0.4, 0.5) is 0 Å². The number of hydrogen-bond acceptors (Lipinski definition) is 5. The van der Waals surface area contributed by atoms with E-state index in [2.05, 4.69) is 9.46 Å². The summed E-state index contributed by atoms with van der Waals surface area (Å²) in [5.74, 6) is 0.250. The first-order chi connectivity index (χ1) is 12.5. The Morgan fingerprint density at radius 3 is 2.50 bits per heavy atom. The Morgan fingerprint density at radius 2 is 1.85 bits per heavy atom. The summed E-state index contributed by atoms with van der Waals surface area (Å²) in [6.45, 7) is 2.86. The fraction of sp³-hybridized carbons (Fsp3) is 0.316. The van der Waals surface area contributed by atoms with Crippen molar-refractivity contribution < 1.29 is 22.7 Å². The van der Waals surface area contributed by atoms with E-state index in [9.17, 15) is 13.2 Å². The molecular weight excluding hydrogens is 354 g/mol. The van der Waals surface area contributed by atoms with Gasteiger partial charge in [0.15, 0.2) is 0 Å². The number of carbonyl (C=O) groups is 1. The first-order valence-corrected chi connectivity index (χ1v) is 9.84. The van der Waals surface area contributed by atoms with E-state index >= 15 is 0 Å². The van der Waals surface area contributed by atoms with Crippen molar-refractivity contribution in [1.82, 2.24) is 4.72 Å². The smallest absolute Gasteiger partial charge is 0.337 e. The predicted molar refractivity (Wildman–Crippen MR) is 98.9 cm³/mol. The molecule has 6 nitrogen and oxygen atoms in total. The zero-order valence-electron chi connectivity index (χ0n) is 14.9. The molecule has 0 radical (unpaired) electrons. The molecule has 140 valence electrons. The maximum atomic E-state index is 12.3. The second kappa shape index (κ2) is 9.35. The maximum absolute atomic E-state index is 12.3. The molecule has 2 rings (SSSR count). The Morgan fingerprint density at radius 1 is 1.12 bits per heavy atom. The van der Waals surface area contributed by atoms with Crippen LogP contribution in [0.2, 0.25) is 0 Å². The number of hydrogen-bond donors (Lipinski definition) is 1. The summed E-state index contributed by atoms with van der Waals surface area (Å²) in [5, 5.41) is 0. The van der Waals surface area contributed by atoms with Crippen molar-refractivity contribution in [2.45, 2.75) is 24.7 Å². The Balaban J connectivity index is 1.89. The number of ether oxygens (including phenoxy) is 2. The van der Waals surface area contributed by atoms with Crippen molar-refractivity contribution in [3.63, 3.8) is 0 Å². The summed E-state index contributed by atoms with van der Waals surface area (Å²) < 4.78 is 37.2. The van der Waals surface area contributed by atoms with E-state index in [4.69, 9.17) is 4.74 Å². The highest BCUT2D eigenvalue weighted by Crippen LogP contribution is 2.14. The zero-order valence-corrected chi connectivity index (χ0v) is 15.7. The Hall–Kier alpha value is -2.38. The van der Waals surface area contributed by atoms with Crippen LogP contribution in [-0.2, 0) is 21.2 Å². The molecular formula is C19H23NO5S. The Kier molecular flexibility index (Phi) is 7.17. The van der Waals surface area contributed by atoms with Gasteiger partial charge < -0.3 is 9.47 Å². The molecule has 0 aliphatic heterocycles. The van der Waals surface area contributed by atoms with E-state index in [0.717, 1.165) is 17.7 Å². The quantitative estimate of drug-likeness (QED) is 0.537. The Bertz CT molecular complexity index is 831. The third-order valence-corrected chi connectivity index (χ3v) is 5.19. The van der Waals surface area contributed by atoms with Crippen LogP contribution in [0.25, 0.3) is 0 Å². The van der Waals surface area contributed by atoms with Crippen molar-refractivity contribution >= 4 is 16.0 Å². The van der Waals surface area contributed by atoms with Crippen LogP contribution in [-0.4, -0.2) is 34.6 Å². The summed E-state index contributed by atoms with van der Waals surface area (Å²) in [4.78, 5) is 11.6. The van der Waals surface area contributed by atoms with Gasteiger partial charge in [0.05, 0.1) is 24.2 Å². The van der Waals surface area contributed by atoms with Gasteiger partial charge in [0.1, 0.15) is 5.75 Å². The normalized spacial score (nSPS) is 11.2. The second-order valence-electron chi connectivity index (χ2n) is 5.60. The number of nitrogens with one attached hydrogen (secondary N) is 1. The second-order valence-corrected chi connectivity index (χ2v) is 7.36.